The monoisotopic (exact) mass is 384 g/mol. The van der Waals surface area contributed by atoms with E-state index in [4.69, 9.17) is 21.1 Å². The van der Waals surface area contributed by atoms with Gasteiger partial charge in [-0.25, -0.2) is 4.98 Å². The van der Waals surface area contributed by atoms with Crippen molar-refractivity contribution in [2.24, 2.45) is 0 Å². The first-order valence-electron chi connectivity index (χ1n) is 9.15. The molecule has 0 unspecified atom stereocenters. The molecule has 1 aliphatic heterocycles. The molecule has 5 nitrogen and oxygen atoms in total. The van der Waals surface area contributed by atoms with E-state index in [2.05, 4.69) is 9.97 Å². The molecule has 1 aliphatic rings. The molecule has 27 heavy (non-hydrogen) atoms. The number of pyridine rings is 2. The third-order valence-electron chi connectivity index (χ3n) is 4.90. The summed E-state index contributed by atoms with van der Waals surface area (Å²) in [6.45, 7) is 3.24. The Morgan fingerprint density at radius 2 is 1.96 bits per heavy atom. The van der Waals surface area contributed by atoms with Crippen LogP contribution in [-0.2, 0) is 21.7 Å². The maximum Gasteiger partial charge on any atom is 0.248 e. The Labute approximate surface area is 162 Å². The number of nitrogens with one attached hydrogen (secondary N) is 1. The number of aromatic amines is 1. The Bertz CT molecular complexity index is 1030. The second-order valence-electron chi connectivity index (χ2n) is 6.72. The van der Waals surface area contributed by atoms with Crippen LogP contribution in [0.2, 0.25) is 5.15 Å². The lowest BCUT2D eigenvalue weighted by molar-refractivity contribution is -0.277. The van der Waals surface area contributed by atoms with Gasteiger partial charge in [0.2, 0.25) is 5.56 Å². The lowest BCUT2D eigenvalue weighted by Gasteiger charge is -2.36. The van der Waals surface area contributed by atoms with Crippen molar-refractivity contribution in [1.29, 1.82) is 0 Å². The number of benzene rings is 1. The zero-order chi connectivity index (χ0) is 18.9. The lowest BCUT2D eigenvalue weighted by Crippen LogP contribution is -2.38. The van der Waals surface area contributed by atoms with Gasteiger partial charge in [0.15, 0.2) is 5.79 Å². The maximum atomic E-state index is 12.3. The van der Waals surface area contributed by atoms with E-state index in [0.717, 1.165) is 34.1 Å². The van der Waals surface area contributed by atoms with Gasteiger partial charge in [-0.05, 0) is 30.2 Å². The fourth-order valence-electron chi connectivity index (χ4n) is 3.53. The molecule has 3 aromatic rings. The van der Waals surface area contributed by atoms with Gasteiger partial charge in [-0.1, -0.05) is 36.7 Å². The first-order valence-corrected chi connectivity index (χ1v) is 9.53. The molecule has 0 atom stereocenters. The first-order chi connectivity index (χ1) is 13.1. The molecular formula is C21H21ClN2O3. The number of H-pyrrole nitrogens is 1. The van der Waals surface area contributed by atoms with Crippen LogP contribution in [0.3, 0.4) is 0 Å². The molecule has 6 heteroatoms. The van der Waals surface area contributed by atoms with Crippen LogP contribution in [-0.4, -0.2) is 23.2 Å². The van der Waals surface area contributed by atoms with E-state index < -0.39 is 5.79 Å². The highest BCUT2D eigenvalue weighted by atomic mass is 35.5. The van der Waals surface area contributed by atoms with Gasteiger partial charge in [-0.3, -0.25) is 4.79 Å². The summed E-state index contributed by atoms with van der Waals surface area (Å²) in [4.78, 5) is 19.6. The highest BCUT2D eigenvalue weighted by Gasteiger charge is 2.35. The number of rotatable bonds is 4. The second kappa shape index (κ2) is 7.43. The molecule has 0 aliphatic carbocycles. The van der Waals surface area contributed by atoms with E-state index in [1.54, 1.807) is 6.07 Å². The Kier molecular flexibility index (Phi) is 5.00. The molecule has 1 N–H and O–H groups in total. The van der Waals surface area contributed by atoms with Crippen molar-refractivity contribution in [2.45, 2.75) is 32.0 Å². The van der Waals surface area contributed by atoms with Gasteiger partial charge < -0.3 is 14.5 Å². The summed E-state index contributed by atoms with van der Waals surface area (Å²) in [5.41, 5.74) is 3.02. The van der Waals surface area contributed by atoms with Crippen molar-refractivity contribution in [3.8, 4) is 0 Å². The standard InChI is InChI=1S/C21H21ClN2O3/c1-2-21(26-8-5-9-27-21)16-12-17(23-19(25)13-16)11-15-10-14-6-3-4-7-18(14)24-20(15)22/h3-4,6-7,10,12-13H,2,5,8-9,11H2,1H3,(H,23,25). The van der Waals surface area contributed by atoms with Crippen LogP contribution >= 0.6 is 11.6 Å². The maximum absolute atomic E-state index is 12.3. The quantitative estimate of drug-likeness (QED) is 0.686. The van der Waals surface area contributed by atoms with Gasteiger partial charge in [-0.2, -0.15) is 0 Å². The van der Waals surface area contributed by atoms with Gasteiger partial charge in [0.1, 0.15) is 5.15 Å². The van der Waals surface area contributed by atoms with Crippen LogP contribution in [0.15, 0.2) is 47.3 Å². The number of fused-ring (bicyclic) bond motifs is 1. The van der Waals surface area contributed by atoms with Gasteiger partial charge >= 0.3 is 0 Å². The number of halogens is 1. The number of ether oxygens (including phenoxy) is 2. The zero-order valence-electron chi connectivity index (χ0n) is 15.1. The van der Waals surface area contributed by atoms with Gasteiger partial charge in [0.05, 0.1) is 18.7 Å². The minimum atomic E-state index is -0.854. The Balaban J connectivity index is 1.72. The fraction of sp³-hybridized carbons (Fsp3) is 0.333. The summed E-state index contributed by atoms with van der Waals surface area (Å²) in [5, 5.41) is 1.45. The highest BCUT2D eigenvalue weighted by molar-refractivity contribution is 6.30. The average Bonchev–Trinajstić information content (AvgIpc) is 2.68. The van der Waals surface area contributed by atoms with E-state index in [1.807, 2.05) is 43.3 Å². The van der Waals surface area contributed by atoms with Crippen molar-refractivity contribution in [2.75, 3.05) is 13.2 Å². The van der Waals surface area contributed by atoms with Crippen LogP contribution in [0, 0.1) is 0 Å². The van der Waals surface area contributed by atoms with Crippen LogP contribution in [0.5, 0.6) is 0 Å². The van der Waals surface area contributed by atoms with Gasteiger partial charge in [-0.15, -0.1) is 0 Å². The molecule has 1 fully saturated rings. The molecule has 3 heterocycles. The summed E-state index contributed by atoms with van der Waals surface area (Å²) >= 11 is 6.38. The third-order valence-corrected chi connectivity index (χ3v) is 5.22. The molecule has 1 aromatic carbocycles. The summed E-state index contributed by atoms with van der Waals surface area (Å²) in [7, 11) is 0. The number of hydrogen-bond acceptors (Lipinski definition) is 4. The molecule has 0 radical (unpaired) electrons. The van der Waals surface area contributed by atoms with Crippen LogP contribution in [0.25, 0.3) is 10.9 Å². The second-order valence-corrected chi connectivity index (χ2v) is 7.08. The van der Waals surface area contributed by atoms with Crippen molar-refractivity contribution in [3.05, 3.63) is 74.8 Å². The Hall–Kier alpha value is -2.21. The number of nitrogens with zero attached hydrogens (tertiary/aromatic N) is 1. The van der Waals surface area contributed by atoms with Gasteiger partial charge in [0.25, 0.3) is 0 Å². The van der Waals surface area contributed by atoms with E-state index in [-0.39, 0.29) is 5.56 Å². The fourth-order valence-corrected chi connectivity index (χ4v) is 3.74. The van der Waals surface area contributed by atoms with E-state index in [0.29, 0.717) is 31.2 Å². The summed E-state index contributed by atoms with van der Waals surface area (Å²) in [6.07, 6.45) is 1.96. The van der Waals surface area contributed by atoms with Crippen molar-refractivity contribution in [3.63, 3.8) is 0 Å². The number of para-hydroxylation sites is 1. The smallest absolute Gasteiger partial charge is 0.248 e. The number of hydrogen-bond donors (Lipinski definition) is 1. The van der Waals surface area contributed by atoms with E-state index >= 15 is 0 Å². The molecule has 4 rings (SSSR count). The predicted octanol–water partition coefficient (Wildman–Crippen LogP) is 4.17. The van der Waals surface area contributed by atoms with Crippen molar-refractivity contribution >= 4 is 22.5 Å². The largest absolute Gasteiger partial charge is 0.346 e. The molecule has 0 amide bonds. The zero-order valence-corrected chi connectivity index (χ0v) is 15.9. The van der Waals surface area contributed by atoms with E-state index in [9.17, 15) is 4.79 Å². The van der Waals surface area contributed by atoms with Crippen molar-refractivity contribution in [1.82, 2.24) is 9.97 Å². The predicted molar refractivity (Wildman–Crippen MR) is 105 cm³/mol. The van der Waals surface area contributed by atoms with Crippen LogP contribution in [0.4, 0.5) is 0 Å². The lowest BCUT2D eigenvalue weighted by atomic mass is 10.00. The summed E-state index contributed by atoms with van der Waals surface area (Å²) < 4.78 is 11.9. The topological polar surface area (TPSA) is 64.2 Å². The molecule has 1 saturated heterocycles. The normalized spacial score (nSPS) is 16.5. The summed E-state index contributed by atoms with van der Waals surface area (Å²) in [5.74, 6) is -0.854. The molecule has 0 saturated carbocycles. The van der Waals surface area contributed by atoms with Crippen LogP contribution in [0.1, 0.15) is 36.6 Å². The highest BCUT2D eigenvalue weighted by Crippen LogP contribution is 2.34. The molecule has 2 aromatic heterocycles. The van der Waals surface area contributed by atoms with E-state index in [1.165, 1.54) is 0 Å². The van der Waals surface area contributed by atoms with Crippen LogP contribution < -0.4 is 5.56 Å². The molecule has 140 valence electrons. The SMILES string of the molecule is CCC1(c2cc(Cc3cc4ccccc4nc3Cl)[nH]c(=O)c2)OCCCO1. The summed E-state index contributed by atoms with van der Waals surface area (Å²) in [6, 6.07) is 13.3. The van der Waals surface area contributed by atoms with Gasteiger partial charge in [0, 0.05) is 35.6 Å². The minimum absolute atomic E-state index is 0.182. The third kappa shape index (κ3) is 3.63. The molecular weight excluding hydrogens is 364 g/mol. The molecule has 0 spiro atoms. The molecule has 0 bridgehead atoms. The Morgan fingerprint density at radius 1 is 1.19 bits per heavy atom. The average molecular weight is 385 g/mol. The Morgan fingerprint density at radius 3 is 2.74 bits per heavy atom. The number of aromatic nitrogens is 2. The van der Waals surface area contributed by atoms with Crippen molar-refractivity contribution < 1.29 is 9.47 Å². The first kappa shape index (κ1) is 18.2. The minimum Gasteiger partial charge on any atom is -0.346 e.